The smallest absolute Gasteiger partial charge is 0.0886 e. The zero-order valence-corrected chi connectivity index (χ0v) is 28.9. The fraction of sp³-hybridized carbons (Fsp3) is 0. The topological polar surface area (TPSA) is 163 Å². The third-order valence-corrected chi connectivity index (χ3v) is 5.62. The van der Waals surface area contributed by atoms with E-state index in [0.29, 0.717) is 17.9 Å². The number of carboxylic acid groups (broad SMARTS) is 2. The Hall–Kier alpha value is -1.43. The Labute approximate surface area is 270 Å². The zero-order valence-electron chi connectivity index (χ0n) is 18.4. The normalized spacial score (nSPS) is 8.86. The van der Waals surface area contributed by atoms with Crippen molar-refractivity contribution in [1.82, 2.24) is 9.97 Å². The van der Waals surface area contributed by atoms with Crippen LogP contribution in [0.1, 0.15) is 20.7 Å². The van der Waals surface area contributed by atoms with Crippen LogP contribution < -0.4 is 10.2 Å². The van der Waals surface area contributed by atoms with Gasteiger partial charge in [0.05, 0.1) is 23.3 Å². The fourth-order valence-electron chi connectivity index (χ4n) is 2.37. The van der Waals surface area contributed by atoms with Gasteiger partial charge in [0.25, 0.3) is 0 Å². The predicted octanol–water partition coefficient (Wildman–Crippen LogP) is 5.06. The number of rotatable bonds is 3. The molecule has 2 aromatic carbocycles. The number of carbonyl (C=O) groups excluding carboxylic acids is 2. The number of carbonyl (C=O) groups is 2. The summed E-state index contributed by atoms with van der Waals surface area (Å²) in [6, 6.07) is 21.1. The molecule has 0 aliphatic heterocycles. The van der Waals surface area contributed by atoms with Crippen LogP contribution in [0.15, 0.2) is 103 Å². The molecule has 2 heterocycles. The predicted molar refractivity (Wildman–Crippen MR) is 141 cm³/mol. The number of halogens is 4. The standard InChI is InChI=1S/C10H8N2.2C7H4Br2O2.2O.U/c1-3-7-11-9(5-1)10-6-2-4-8-12-10;2*8-5-1-4(7(10)11)2-6(9)3-5;;;/h1-8H;2*1-3H,(H,10,11);;;/q;;;2*-2;/p-2. The summed E-state index contributed by atoms with van der Waals surface area (Å²) in [6.45, 7) is 0. The van der Waals surface area contributed by atoms with Gasteiger partial charge in [-0.15, -0.1) is 0 Å². The molecule has 0 spiro atoms. The first kappa shape index (κ1) is 37.7. The first-order valence-electron chi connectivity index (χ1n) is 9.33. The van der Waals surface area contributed by atoms with E-state index >= 15 is 0 Å². The summed E-state index contributed by atoms with van der Waals surface area (Å²) in [7, 11) is 0. The monoisotopic (exact) mass is 980 g/mol. The third kappa shape index (κ3) is 14.3. The summed E-state index contributed by atoms with van der Waals surface area (Å²) in [6.07, 6.45) is 3.54. The molecule has 0 radical (unpaired) electrons. The fourth-order valence-corrected chi connectivity index (χ4v) is 4.96. The van der Waals surface area contributed by atoms with E-state index in [0.717, 1.165) is 11.4 Å². The van der Waals surface area contributed by atoms with Gasteiger partial charge in [-0.05, 0) is 71.8 Å². The quantitative estimate of drug-likeness (QED) is 0.279. The number of nitrogens with zero attached hydrogens (tertiary/aromatic N) is 2. The minimum atomic E-state index is -1.17. The Morgan fingerprint density at radius 3 is 1.08 bits per heavy atom. The van der Waals surface area contributed by atoms with E-state index < -0.39 is 11.9 Å². The molecule has 0 bridgehead atoms. The second-order valence-corrected chi connectivity index (χ2v) is 9.98. The van der Waals surface area contributed by atoms with Crippen LogP contribution in [0, 0.1) is 31.1 Å². The van der Waals surface area contributed by atoms with E-state index in [1.807, 2.05) is 36.4 Å². The van der Waals surface area contributed by atoms with Crippen LogP contribution in [0.3, 0.4) is 0 Å². The number of carboxylic acids is 2. The molecule has 0 aliphatic carbocycles. The maximum Gasteiger partial charge on any atom is 0.0886 e. The van der Waals surface area contributed by atoms with Crippen molar-refractivity contribution >= 4 is 75.7 Å². The molecule has 2 aromatic heterocycles. The Morgan fingerprint density at radius 2 is 0.865 bits per heavy atom. The van der Waals surface area contributed by atoms with Crippen molar-refractivity contribution in [2.45, 2.75) is 0 Å². The van der Waals surface area contributed by atoms with E-state index in [1.165, 1.54) is 24.3 Å². The van der Waals surface area contributed by atoms with Crippen LogP contribution >= 0.6 is 63.7 Å². The van der Waals surface area contributed by atoms with Gasteiger partial charge in [-0.1, -0.05) is 75.9 Å². The second-order valence-electron chi connectivity index (χ2n) is 6.32. The molecule has 0 saturated heterocycles. The number of aromatic nitrogens is 2. The molecule has 194 valence electrons. The average Bonchev–Trinajstić information content (AvgIpc) is 2.80. The van der Waals surface area contributed by atoms with Gasteiger partial charge < -0.3 is 30.8 Å². The van der Waals surface area contributed by atoms with Crippen molar-refractivity contribution in [3.05, 3.63) is 114 Å². The second kappa shape index (κ2) is 19.6. The molecule has 0 aliphatic rings. The van der Waals surface area contributed by atoms with Crippen LogP contribution in [-0.4, -0.2) is 21.9 Å². The SMILES string of the molecule is O=C([O-])c1cc(Br)cc(Br)c1.O=C([O-])c1cc(Br)cc(Br)c1.[O-2].[O-2].[U].c1ccc(-c2ccccn2)nc1. The number of hydrogen-bond donors (Lipinski definition) is 0. The van der Waals surface area contributed by atoms with Crippen molar-refractivity contribution in [1.29, 1.82) is 0 Å². The number of benzene rings is 2. The largest absolute Gasteiger partial charge is 2.00 e. The average molecular weight is 984 g/mol. The van der Waals surface area contributed by atoms with E-state index in [-0.39, 0.29) is 53.2 Å². The van der Waals surface area contributed by atoms with Gasteiger partial charge in [0.1, 0.15) is 0 Å². The summed E-state index contributed by atoms with van der Waals surface area (Å²) >= 11 is 12.6. The Morgan fingerprint density at radius 1 is 0.568 bits per heavy atom. The minimum Gasteiger partial charge on any atom is -2.00 e. The molecule has 4 rings (SSSR count). The summed E-state index contributed by atoms with van der Waals surface area (Å²) in [5, 5.41) is 20.7. The van der Waals surface area contributed by atoms with E-state index in [2.05, 4.69) is 73.7 Å². The van der Waals surface area contributed by atoms with Gasteiger partial charge in [0.2, 0.25) is 0 Å². The summed E-state index contributed by atoms with van der Waals surface area (Å²) in [4.78, 5) is 29.1. The molecular weight excluding hydrogens is 970 g/mol. The van der Waals surface area contributed by atoms with Crippen LogP contribution in [0.2, 0.25) is 0 Å². The Bertz CT molecular complexity index is 1130. The molecule has 0 fully saturated rings. The van der Waals surface area contributed by atoms with Gasteiger partial charge in [0.15, 0.2) is 0 Å². The van der Waals surface area contributed by atoms with Gasteiger partial charge >= 0.3 is 0 Å². The maximum atomic E-state index is 10.4. The molecule has 8 nitrogen and oxygen atoms in total. The molecule has 0 atom stereocenters. The van der Waals surface area contributed by atoms with Crippen LogP contribution in [0.25, 0.3) is 11.4 Å². The molecular formula is C24H14Br4N2O6U-6. The van der Waals surface area contributed by atoms with Crippen molar-refractivity contribution in [2.24, 2.45) is 0 Å². The first-order chi connectivity index (χ1) is 16.2. The van der Waals surface area contributed by atoms with E-state index in [9.17, 15) is 19.8 Å². The van der Waals surface area contributed by atoms with Crippen LogP contribution in [-0.2, 0) is 11.0 Å². The van der Waals surface area contributed by atoms with Crippen LogP contribution in [0.4, 0.5) is 0 Å². The van der Waals surface area contributed by atoms with Gasteiger partial charge in [-0.25, -0.2) is 0 Å². The van der Waals surface area contributed by atoms with E-state index in [1.54, 1.807) is 24.5 Å². The molecule has 0 N–H and O–H groups in total. The van der Waals surface area contributed by atoms with Crippen molar-refractivity contribution < 1.29 is 61.9 Å². The molecule has 4 aromatic rings. The molecule has 13 heteroatoms. The molecule has 0 unspecified atom stereocenters. The first-order valence-corrected chi connectivity index (χ1v) is 12.5. The van der Waals surface area contributed by atoms with Crippen molar-refractivity contribution in [3.8, 4) is 11.4 Å². The molecule has 0 amide bonds. The third-order valence-electron chi connectivity index (χ3n) is 3.79. The zero-order chi connectivity index (χ0) is 25.1. The number of hydrogen-bond acceptors (Lipinski definition) is 6. The summed E-state index contributed by atoms with van der Waals surface area (Å²) < 4.78 is 2.86. The summed E-state index contributed by atoms with van der Waals surface area (Å²) in [5.41, 5.74) is 2.15. The number of aromatic carboxylic acids is 2. The summed E-state index contributed by atoms with van der Waals surface area (Å²) in [5.74, 6) is -2.35. The molecule has 37 heavy (non-hydrogen) atoms. The Balaban J connectivity index is 0. The van der Waals surface area contributed by atoms with Crippen molar-refractivity contribution in [3.63, 3.8) is 0 Å². The van der Waals surface area contributed by atoms with Gasteiger partial charge in [-0.3, -0.25) is 9.97 Å². The Kier molecular flexibility index (Phi) is 20.0. The van der Waals surface area contributed by atoms with Crippen molar-refractivity contribution in [2.75, 3.05) is 0 Å². The number of pyridine rings is 2. The minimum absolute atomic E-state index is 0. The molecule has 0 saturated carbocycles. The van der Waals surface area contributed by atoms with E-state index in [4.69, 9.17) is 0 Å². The maximum absolute atomic E-state index is 10.4. The van der Waals surface area contributed by atoms with Gasteiger partial charge in [-0.2, -0.15) is 0 Å². The van der Waals surface area contributed by atoms with Crippen LogP contribution in [0.5, 0.6) is 0 Å². The van der Waals surface area contributed by atoms with Gasteiger partial charge in [0, 0.05) is 61.4 Å².